The molecule has 0 spiro atoms. The van der Waals surface area contributed by atoms with Crippen molar-refractivity contribution in [1.82, 2.24) is 24.6 Å². The van der Waals surface area contributed by atoms with E-state index in [2.05, 4.69) is 19.7 Å². The Hall–Kier alpha value is -3.00. The van der Waals surface area contributed by atoms with Crippen molar-refractivity contribution >= 4 is 17.7 Å². The van der Waals surface area contributed by atoms with Crippen LogP contribution < -0.4 is 0 Å². The quantitative estimate of drug-likeness (QED) is 0.424. The van der Waals surface area contributed by atoms with Crippen LogP contribution in [0.15, 0.2) is 36.5 Å². The van der Waals surface area contributed by atoms with Crippen LogP contribution in [-0.4, -0.2) is 36.3 Å². The Bertz CT molecular complexity index is 1250. The van der Waals surface area contributed by atoms with Crippen molar-refractivity contribution in [3.8, 4) is 5.69 Å². The molecule has 1 fully saturated rings. The summed E-state index contributed by atoms with van der Waals surface area (Å²) in [5.74, 6) is 1.60. The number of halogens is 2. The minimum absolute atomic E-state index is 0.104. The van der Waals surface area contributed by atoms with Gasteiger partial charge in [0.05, 0.1) is 24.5 Å². The summed E-state index contributed by atoms with van der Waals surface area (Å²) in [6.45, 7) is 6.19. The third-order valence-corrected chi connectivity index (χ3v) is 6.88. The lowest BCUT2D eigenvalue weighted by atomic mass is 9.79. The highest BCUT2D eigenvalue weighted by Gasteiger charge is 2.33. The second kappa shape index (κ2) is 9.22. The van der Waals surface area contributed by atoms with Gasteiger partial charge in [0.25, 0.3) is 0 Å². The molecule has 0 saturated heterocycles. The predicted molar refractivity (Wildman–Crippen MR) is 130 cm³/mol. The molecule has 3 aromatic rings. The van der Waals surface area contributed by atoms with Gasteiger partial charge in [-0.3, -0.25) is 14.5 Å². The van der Waals surface area contributed by atoms with Gasteiger partial charge in [0.1, 0.15) is 17.2 Å². The Labute approximate surface area is 209 Å². The van der Waals surface area contributed by atoms with Crippen molar-refractivity contribution in [2.75, 3.05) is 0 Å². The minimum atomic E-state index is -0.606. The third-order valence-electron chi connectivity index (χ3n) is 6.65. The molecule has 1 amide bonds. The van der Waals surface area contributed by atoms with Gasteiger partial charge in [-0.2, -0.15) is 0 Å². The predicted octanol–water partition coefficient (Wildman–Crippen LogP) is 6.15. The highest BCUT2D eigenvalue weighted by molar-refractivity contribution is 6.30. The molecule has 5 rings (SSSR count). The summed E-state index contributed by atoms with van der Waals surface area (Å²) in [7, 11) is 0. The van der Waals surface area contributed by atoms with Crippen molar-refractivity contribution in [2.24, 2.45) is 0 Å². The molecule has 2 aromatic heterocycles. The molecule has 35 heavy (non-hydrogen) atoms. The second-order valence-corrected chi connectivity index (χ2v) is 10.8. The monoisotopic (exact) mass is 497 g/mol. The average Bonchev–Trinajstić information content (AvgIpc) is 3.14. The molecule has 9 heteroatoms. The lowest BCUT2D eigenvalue weighted by Gasteiger charge is -2.28. The molecule has 0 radical (unpaired) electrons. The molecule has 1 aliphatic heterocycles. The Kier molecular flexibility index (Phi) is 6.25. The van der Waals surface area contributed by atoms with Gasteiger partial charge in [-0.25, -0.2) is 9.18 Å². The van der Waals surface area contributed by atoms with Crippen molar-refractivity contribution < 1.29 is 13.9 Å². The molecule has 7 nitrogen and oxygen atoms in total. The van der Waals surface area contributed by atoms with Crippen LogP contribution in [0.2, 0.25) is 5.02 Å². The normalized spacial score (nSPS) is 20.1. The summed E-state index contributed by atoms with van der Waals surface area (Å²) >= 11 is 6.33. The van der Waals surface area contributed by atoms with E-state index < -0.39 is 11.7 Å². The molecule has 1 aromatic carbocycles. The smallest absolute Gasteiger partial charge is 0.411 e. The van der Waals surface area contributed by atoms with E-state index in [9.17, 15) is 9.18 Å². The maximum absolute atomic E-state index is 14.3. The lowest BCUT2D eigenvalue weighted by Crippen LogP contribution is -2.35. The van der Waals surface area contributed by atoms with Gasteiger partial charge in [0.2, 0.25) is 0 Å². The number of fused-ring (bicyclic) bond motifs is 3. The zero-order chi connectivity index (χ0) is 24.7. The summed E-state index contributed by atoms with van der Waals surface area (Å²) in [5.41, 5.74) is 1.78. The number of carbonyl (C=O) groups excluding carboxylic acids is 1. The molecule has 184 valence electrons. The molecular formula is C26H29ClFN5O2. The summed E-state index contributed by atoms with van der Waals surface area (Å²) in [6.07, 6.45) is 4.63. The summed E-state index contributed by atoms with van der Waals surface area (Å²) in [4.78, 5) is 18.9. The fraction of sp³-hybridized carbons (Fsp3) is 0.462. The van der Waals surface area contributed by atoms with E-state index in [1.165, 1.54) is 6.07 Å². The highest BCUT2D eigenvalue weighted by atomic mass is 35.5. The van der Waals surface area contributed by atoms with Gasteiger partial charge in [0.15, 0.2) is 5.82 Å². The third kappa shape index (κ3) is 4.89. The number of carbonyl (C=O) groups is 1. The van der Waals surface area contributed by atoms with Crippen LogP contribution in [0.1, 0.15) is 81.2 Å². The zero-order valence-electron chi connectivity index (χ0n) is 20.2. The van der Waals surface area contributed by atoms with Crippen LogP contribution in [0.5, 0.6) is 0 Å². The van der Waals surface area contributed by atoms with Gasteiger partial charge in [-0.1, -0.05) is 11.6 Å². The number of ether oxygens (including phenoxy) is 1. The number of hydrogen-bond acceptors (Lipinski definition) is 5. The number of nitrogens with zero attached hydrogens (tertiary/aromatic N) is 5. The van der Waals surface area contributed by atoms with Crippen molar-refractivity contribution in [2.45, 2.75) is 77.0 Å². The first-order valence-corrected chi connectivity index (χ1v) is 12.4. The number of hydrogen-bond donors (Lipinski definition) is 0. The molecule has 0 unspecified atom stereocenters. The molecule has 1 saturated carbocycles. The van der Waals surface area contributed by atoms with Crippen molar-refractivity contribution in [1.29, 1.82) is 0 Å². The van der Waals surface area contributed by atoms with Gasteiger partial charge < -0.3 is 4.74 Å². The zero-order valence-corrected chi connectivity index (χ0v) is 20.9. The Morgan fingerprint density at radius 2 is 1.83 bits per heavy atom. The molecule has 3 heterocycles. The number of aromatic nitrogens is 4. The first-order chi connectivity index (χ1) is 16.7. The van der Waals surface area contributed by atoms with Crippen LogP contribution in [-0.2, 0) is 17.8 Å². The van der Waals surface area contributed by atoms with Crippen LogP contribution in [0, 0.1) is 5.82 Å². The molecule has 2 aliphatic rings. The topological polar surface area (TPSA) is 73.1 Å². The molecular weight excluding hydrogens is 469 g/mol. The van der Waals surface area contributed by atoms with E-state index in [0.717, 1.165) is 42.8 Å². The number of amides is 1. The second-order valence-electron chi connectivity index (χ2n) is 10.3. The fourth-order valence-corrected chi connectivity index (χ4v) is 5.26. The Morgan fingerprint density at radius 3 is 2.54 bits per heavy atom. The number of pyridine rings is 1. The number of benzene rings is 1. The maximum atomic E-state index is 14.3. The highest BCUT2D eigenvalue weighted by Crippen LogP contribution is 2.41. The average molecular weight is 498 g/mol. The van der Waals surface area contributed by atoms with E-state index in [4.69, 9.17) is 16.3 Å². The van der Waals surface area contributed by atoms with E-state index >= 15 is 0 Å². The Balaban J connectivity index is 1.44. The molecule has 1 aliphatic carbocycles. The van der Waals surface area contributed by atoms with E-state index in [-0.39, 0.29) is 24.2 Å². The minimum Gasteiger partial charge on any atom is -0.444 e. The first-order valence-electron chi connectivity index (χ1n) is 12.0. The van der Waals surface area contributed by atoms with Crippen molar-refractivity contribution in [3.05, 3.63) is 70.3 Å². The molecule has 0 atom stereocenters. The summed E-state index contributed by atoms with van der Waals surface area (Å²) in [5, 5.41) is 9.67. The van der Waals surface area contributed by atoms with Crippen LogP contribution >= 0.6 is 11.6 Å². The van der Waals surface area contributed by atoms with Crippen LogP contribution in [0.4, 0.5) is 9.18 Å². The van der Waals surface area contributed by atoms with E-state index in [1.54, 1.807) is 17.2 Å². The molecule has 0 bridgehead atoms. The SMILES string of the molecule is CC(C)(C)OC(=O)N1Cc2cc(Cl)ccc2-n2c(nnc2C2CCC(c3ncccc3F)CC2)C1. The van der Waals surface area contributed by atoms with Gasteiger partial charge in [0, 0.05) is 23.1 Å². The van der Waals surface area contributed by atoms with Gasteiger partial charge in [-0.15, -0.1) is 10.2 Å². The van der Waals surface area contributed by atoms with E-state index in [0.29, 0.717) is 23.1 Å². The number of rotatable bonds is 2. The Morgan fingerprint density at radius 1 is 1.09 bits per heavy atom. The van der Waals surface area contributed by atoms with Gasteiger partial charge >= 0.3 is 6.09 Å². The fourth-order valence-electron chi connectivity index (χ4n) is 5.07. The van der Waals surface area contributed by atoms with Crippen LogP contribution in [0.25, 0.3) is 5.69 Å². The molecule has 0 N–H and O–H groups in total. The summed E-state index contributed by atoms with van der Waals surface area (Å²) < 4.78 is 22.0. The summed E-state index contributed by atoms with van der Waals surface area (Å²) in [6, 6.07) is 8.79. The maximum Gasteiger partial charge on any atom is 0.411 e. The standard InChI is InChI=1S/C26H29ClFN5O2/c1-26(2,3)35-25(34)32-14-18-13-19(27)10-11-21(18)33-22(15-32)30-31-24(33)17-8-6-16(7-9-17)23-20(28)5-4-12-29-23/h4-5,10-13,16-17H,6-9,14-15H2,1-3H3. The van der Waals surface area contributed by atoms with Gasteiger partial charge in [-0.05, 0) is 82.3 Å². The lowest BCUT2D eigenvalue weighted by molar-refractivity contribution is 0.0214. The van der Waals surface area contributed by atoms with Crippen LogP contribution in [0.3, 0.4) is 0 Å². The largest absolute Gasteiger partial charge is 0.444 e. The van der Waals surface area contributed by atoms with Crippen molar-refractivity contribution in [3.63, 3.8) is 0 Å². The van der Waals surface area contributed by atoms with E-state index in [1.807, 2.05) is 39.0 Å². The first kappa shape index (κ1) is 23.7.